The lowest BCUT2D eigenvalue weighted by Crippen LogP contribution is -2.22. The molecule has 0 bridgehead atoms. The highest BCUT2D eigenvalue weighted by molar-refractivity contribution is 6.76. The number of nitrogens with zero attached hydrogens (tertiary/aromatic N) is 2. The highest BCUT2D eigenvalue weighted by atomic mass is 35.5. The predicted molar refractivity (Wildman–Crippen MR) is 96.4 cm³/mol. The van der Waals surface area contributed by atoms with Gasteiger partial charge in [0.25, 0.3) is 0 Å². The number of para-hydroxylation sites is 1. The fourth-order valence-electron chi connectivity index (χ4n) is 2.56. The third-order valence-corrected chi connectivity index (χ3v) is 5.71. The zero-order chi connectivity index (χ0) is 15.7. The first kappa shape index (κ1) is 15.5. The van der Waals surface area contributed by atoms with E-state index in [1.165, 1.54) is 5.39 Å². The zero-order valence-electron chi connectivity index (χ0n) is 13.3. The summed E-state index contributed by atoms with van der Waals surface area (Å²) in [5.41, 5.74) is 2.03. The molecular formula is C17H21ClN2OSi. The lowest BCUT2D eigenvalue weighted by molar-refractivity contribution is 0.0926. The average Bonchev–Trinajstić information content (AvgIpc) is 2.76. The standard InChI is InChI=1S/C17H21ClN2OSi/c1-22(2,3)11-10-21-12-20-15-7-5-4-6-13(15)14-8-9-16(18)19-17(14)20/h4-9H,10-12H2,1-3H3. The van der Waals surface area contributed by atoms with Crippen LogP contribution in [0.3, 0.4) is 0 Å². The molecule has 2 heterocycles. The molecule has 5 heteroatoms. The Morgan fingerprint density at radius 2 is 1.86 bits per heavy atom. The van der Waals surface area contributed by atoms with Gasteiger partial charge >= 0.3 is 0 Å². The van der Waals surface area contributed by atoms with Gasteiger partial charge in [0.1, 0.15) is 17.5 Å². The van der Waals surface area contributed by atoms with E-state index in [4.69, 9.17) is 16.3 Å². The first-order chi connectivity index (χ1) is 10.5. The van der Waals surface area contributed by atoms with Crippen molar-refractivity contribution in [1.29, 1.82) is 0 Å². The Labute approximate surface area is 136 Å². The van der Waals surface area contributed by atoms with Gasteiger partial charge in [0, 0.05) is 25.5 Å². The van der Waals surface area contributed by atoms with Crippen molar-refractivity contribution in [3.05, 3.63) is 41.6 Å². The lowest BCUT2D eigenvalue weighted by atomic mass is 10.2. The van der Waals surface area contributed by atoms with Crippen LogP contribution in [-0.4, -0.2) is 24.2 Å². The molecule has 0 atom stereocenters. The van der Waals surface area contributed by atoms with Gasteiger partial charge in [-0.1, -0.05) is 49.4 Å². The van der Waals surface area contributed by atoms with Gasteiger partial charge in [-0.3, -0.25) is 0 Å². The molecule has 22 heavy (non-hydrogen) atoms. The molecule has 0 saturated carbocycles. The second kappa shape index (κ2) is 6.03. The van der Waals surface area contributed by atoms with Crippen molar-refractivity contribution in [2.24, 2.45) is 0 Å². The van der Waals surface area contributed by atoms with Crippen molar-refractivity contribution in [2.75, 3.05) is 6.61 Å². The number of fused-ring (bicyclic) bond motifs is 3. The van der Waals surface area contributed by atoms with Gasteiger partial charge in [0.15, 0.2) is 0 Å². The second-order valence-corrected chi connectivity index (χ2v) is 12.8. The van der Waals surface area contributed by atoms with Crippen LogP contribution in [-0.2, 0) is 11.5 Å². The third kappa shape index (κ3) is 3.19. The van der Waals surface area contributed by atoms with Gasteiger partial charge in [0.2, 0.25) is 0 Å². The molecule has 3 rings (SSSR count). The minimum absolute atomic E-state index is 0.513. The minimum atomic E-state index is -1.07. The summed E-state index contributed by atoms with van der Waals surface area (Å²) < 4.78 is 8.04. The van der Waals surface area contributed by atoms with Crippen molar-refractivity contribution < 1.29 is 4.74 Å². The van der Waals surface area contributed by atoms with Crippen molar-refractivity contribution in [3.8, 4) is 0 Å². The number of hydrogen-bond donors (Lipinski definition) is 0. The van der Waals surface area contributed by atoms with Crippen LogP contribution in [0.15, 0.2) is 36.4 Å². The molecule has 3 aromatic rings. The van der Waals surface area contributed by atoms with Gasteiger partial charge in [-0.2, -0.15) is 0 Å². The Kier molecular flexibility index (Phi) is 4.26. The molecule has 3 nitrogen and oxygen atoms in total. The van der Waals surface area contributed by atoms with E-state index >= 15 is 0 Å². The number of halogens is 1. The molecule has 0 amide bonds. The predicted octanol–water partition coefficient (Wildman–Crippen LogP) is 5.16. The highest BCUT2D eigenvalue weighted by Gasteiger charge is 2.14. The summed E-state index contributed by atoms with van der Waals surface area (Å²) in [6.45, 7) is 8.39. The van der Waals surface area contributed by atoms with Crippen LogP contribution >= 0.6 is 11.6 Å². The van der Waals surface area contributed by atoms with Crippen LogP contribution < -0.4 is 0 Å². The van der Waals surface area contributed by atoms with Gasteiger partial charge in [-0.05, 0) is 24.2 Å². The Morgan fingerprint density at radius 3 is 2.64 bits per heavy atom. The van der Waals surface area contributed by atoms with E-state index < -0.39 is 8.07 Å². The van der Waals surface area contributed by atoms with Gasteiger partial charge < -0.3 is 9.30 Å². The molecule has 0 saturated heterocycles. The van der Waals surface area contributed by atoms with Crippen molar-refractivity contribution in [1.82, 2.24) is 9.55 Å². The minimum Gasteiger partial charge on any atom is -0.361 e. The Balaban J connectivity index is 1.94. The van der Waals surface area contributed by atoms with Gasteiger partial charge in [0.05, 0.1) is 5.52 Å². The summed E-state index contributed by atoms with van der Waals surface area (Å²) in [5, 5.41) is 2.82. The summed E-state index contributed by atoms with van der Waals surface area (Å²) in [6.07, 6.45) is 0. The van der Waals surface area contributed by atoms with Crippen LogP contribution in [0.5, 0.6) is 0 Å². The molecule has 2 aromatic heterocycles. The Bertz CT molecular complexity index is 807. The molecule has 0 fully saturated rings. The number of hydrogen-bond acceptors (Lipinski definition) is 2. The smallest absolute Gasteiger partial charge is 0.144 e. The molecule has 0 unspecified atom stereocenters. The van der Waals surface area contributed by atoms with E-state index in [0.717, 1.165) is 29.2 Å². The molecule has 0 radical (unpaired) electrons. The molecule has 1 aromatic carbocycles. The van der Waals surface area contributed by atoms with E-state index in [1.807, 2.05) is 24.3 Å². The van der Waals surface area contributed by atoms with E-state index in [1.54, 1.807) is 0 Å². The average molecular weight is 333 g/mol. The first-order valence-corrected chi connectivity index (χ1v) is 11.7. The van der Waals surface area contributed by atoms with E-state index in [2.05, 4.69) is 41.3 Å². The molecule has 0 spiro atoms. The zero-order valence-corrected chi connectivity index (χ0v) is 15.0. The molecule has 0 N–H and O–H groups in total. The van der Waals surface area contributed by atoms with Crippen LogP contribution in [0.25, 0.3) is 21.9 Å². The molecule has 0 aliphatic heterocycles. The monoisotopic (exact) mass is 332 g/mol. The van der Waals surface area contributed by atoms with Crippen molar-refractivity contribution in [3.63, 3.8) is 0 Å². The molecule has 0 aliphatic carbocycles. The van der Waals surface area contributed by atoms with E-state index in [-0.39, 0.29) is 0 Å². The van der Waals surface area contributed by atoms with Crippen molar-refractivity contribution >= 4 is 41.6 Å². The number of benzene rings is 1. The number of rotatable bonds is 5. The molecular weight excluding hydrogens is 312 g/mol. The fourth-order valence-corrected chi connectivity index (χ4v) is 3.46. The second-order valence-electron chi connectivity index (χ2n) is 6.80. The molecule has 0 aliphatic rings. The normalized spacial score (nSPS) is 12.4. The summed E-state index contributed by atoms with van der Waals surface area (Å²) >= 11 is 6.08. The Hall–Kier alpha value is -1.36. The van der Waals surface area contributed by atoms with Gasteiger partial charge in [-0.15, -0.1) is 0 Å². The SMILES string of the molecule is C[Si](C)(C)CCOCn1c2ccccc2c2ccc(Cl)nc21. The van der Waals surface area contributed by atoms with Crippen LogP contribution in [0.2, 0.25) is 30.8 Å². The lowest BCUT2D eigenvalue weighted by Gasteiger charge is -2.16. The highest BCUT2D eigenvalue weighted by Crippen LogP contribution is 2.28. The maximum atomic E-state index is 6.08. The largest absolute Gasteiger partial charge is 0.361 e. The van der Waals surface area contributed by atoms with Crippen molar-refractivity contribution in [2.45, 2.75) is 32.4 Å². The molecule has 116 valence electrons. The fraction of sp³-hybridized carbons (Fsp3) is 0.353. The van der Waals surface area contributed by atoms with Crippen LogP contribution in [0, 0.1) is 0 Å². The summed E-state index contributed by atoms with van der Waals surface area (Å²) in [7, 11) is -1.07. The van der Waals surface area contributed by atoms with Crippen LogP contribution in [0.4, 0.5) is 0 Å². The van der Waals surface area contributed by atoms with Crippen LogP contribution in [0.1, 0.15) is 0 Å². The maximum absolute atomic E-state index is 6.08. The van der Waals surface area contributed by atoms with E-state index in [9.17, 15) is 0 Å². The maximum Gasteiger partial charge on any atom is 0.144 e. The first-order valence-electron chi connectivity index (χ1n) is 7.57. The van der Waals surface area contributed by atoms with Gasteiger partial charge in [-0.25, -0.2) is 4.98 Å². The number of ether oxygens (including phenoxy) is 1. The number of pyridine rings is 1. The summed E-state index contributed by atoms with van der Waals surface area (Å²) in [5.74, 6) is 0. The third-order valence-electron chi connectivity index (χ3n) is 3.80. The summed E-state index contributed by atoms with van der Waals surface area (Å²) in [6, 6.07) is 13.4. The van der Waals surface area contributed by atoms with E-state index in [0.29, 0.717) is 11.9 Å². The quantitative estimate of drug-likeness (QED) is 0.367. The topological polar surface area (TPSA) is 27.1 Å². The number of aromatic nitrogens is 2. The Morgan fingerprint density at radius 1 is 1.09 bits per heavy atom. The summed E-state index contributed by atoms with van der Waals surface area (Å²) in [4.78, 5) is 4.50.